The van der Waals surface area contributed by atoms with Gasteiger partial charge in [0.1, 0.15) is 17.1 Å². The molecule has 2 N–H and O–H groups in total. The first kappa shape index (κ1) is 13.1. The van der Waals surface area contributed by atoms with Gasteiger partial charge in [0.25, 0.3) is 0 Å². The summed E-state index contributed by atoms with van der Waals surface area (Å²) in [5, 5.41) is 16.4. The molecule has 1 heterocycles. The highest BCUT2D eigenvalue weighted by Crippen LogP contribution is 2.26. The fourth-order valence-electron chi connectivity index (χ4n) is 2.04. The standard InChI is InChI=1S/C15H11FN2O3/c16-10-5-3-6-12(19)15(10)17-14(20)8-11-9-4-1-2-7-13(9)21-18-11/h1-7,19H,8H2,(H,17,20). The average Bonchev–Trinajstić information content (AvgIpc) is 2.87. The predicted molar refractivity (Wildman–Crippen MR) is 74.4 cm³/mol. The second kappa shape index (κ2) is 5.24. The lowest BCUT2D eigenvalue weighted by Gasteiger charge is -2.07. The van der Waals surface area contributed by atoms with E-state index in [-0.39, 0.29) is 17.9 Å². The molecule has 0 aliphatic heterocycles. The monoisotopic (exact) mass is 286 g/mol. The Morgan fingerprint density at radius 2 is 2.05 bits per heavy atom. The predicted octanol–water partition coefficient (Wildman–Crippen LogP) is 2.85. The molecule has 0 aliphatic carbocycles. The van der Waals surface area contributed by atoms with Crippen LogP contribution in [0.4, 0.5) is 10.1 Å². The van der Waals surface area contributed by atoms with Gasteiger partial charge in [-0.3, -0.25) is 4.79 Å². The van der Waals surface area contributed by atoms with Gasteiger partial charge in [-0.25, -0.2) is 4.39 Å². The maximum Gasteiger partial charge on any atom is 0.230 e. The van der Waals surface area contributed by atoms with Gasteiger partial charge in [0.2, 0.25) is 5.91 Å². The van der Waals surface area contributed by atoms with Crippen molar-refractivity contribution in [2.75, 3.05) is 5.32 Å². The van der Waals surface area contributed by atoms with Crippen molar-refractivity contribution in [1.29, 1.82) is 0 Å². The number of hydrogen-bond acceptors (Lipinski definition) is 4. The molecule has 0 atom stereocenters. The maximum absolute atomic E-state index is 13.5. The van der Waals surface area contributed by atoms with Crippen LogP contribution in [0, 0.1) is 5.82 Å². The van der Waals surface area contributed by atoms with Crippen molar-refractivity contribution in [1.82, 2.24) is 5.16 Å². The van der Waals surface area contributed by atoms with Crippen molar-refractivity contribution in [3.05, 3.63) is 54.0 Å². The Balaban J connectivity index is 1.81. The van der Waals surface area contributed by atoms with E-state index in [0.717, 1.165) is 11.5 Å². The zero-order chi connectivity index (χ0) is 14.8. The number of amides is 1. The minimum atomic E-state index is -0.701. The van der Waals surface area contributed by atoms with Gasteiger partial charge in [-0.1, -0.05) is 23.4 Å². The number of rotatable bonds is 3. The Kier molecular flexibility index (Phi) is 3.27. The van der Waals surface area contributed by atoms with Crippen molar-refractivity contribution >= 4 is 22.6 Å². The Bertz CT molecular complexity index is 793. The highest BCUT2D eigenvalue weighted by Gasteiger charge is 2.15. The molecule has 3 rings (SSSR count). The van der Waals surface area contributed by atoms with E-state index in [9.17, 15) is 14.3 Å². The molecule has 106 valence electrons. The van der Waals surface area contributed by atoms with Crippen molar-refractivity contribution in [2.24, 2.45) is 0 Å². The Labute approximate surface area is 119 Å². The average molecular weight is 286 g/mol. The molecule has 0 radical (unpaired) electrons. The number of aromatic nitrogens is 1. The first-order valence-electron chi connectivity index (χ1n) is 6.26. The van der Waals surface area contributed by atoms with Gasteiger partial charge in [-0.05, 0) is 24.3 Å². The fourth-order valence-corrected chi connectivity index (χ4v) is 2.04. The molecule has 0 saturated heterocycles. The molecule has 3 aromatic rings. The number of benzene rings is 2. The van der Waals surface area contributed by atoms with E-state index in [2.05, 4.69) is 10.5 Å². The summed E-state index contributed by atoms with van der Waals surface area (Å²) in [4.78, 5) is 12.0. The summed E-state index contributed by atoms with van der Waals surface area (Å²) in [6.45, 7) is 0. The molecule has 21 heavy (non-hydrogen) atoms. The van der Waals surface area contributed by atoms with E-state index < -0.39 is 11.7 Å². The van der Waals surface area contributed by atoms with Crippen LogP contribution in [0.25, 0.3) is 11.0 Å². The topological polar surface area (TPSA) is 75.4 Å². The molecule has 0 fully saturated rings. The summed E-state index contributed by atoms with van der Waals surface area (Å²) < 4.78 is 18.6. The number of nitrogens with zero attached hydrogens (tertiary/aromatic N) is 1. The number of hydrogen-bond donors (Lipinski definition) is 2. The van der Waals surface area contributed by atoms with E-state index in [1.165, 1.54) is 12.1 Å². The van der Waals surface area contributed by atoms with E-state index in [1.807, 2.05) is 6.07 Å². The van der Waals surface area contributed by atoms with E-state index in [4.69, 9.17) is 4.52 Å². The normalized spacial score (nSPS) is 10.7. The number of carbonyl (C=O) groups is 1. The Morgan fingerprint density at radius 1 is 1.24 bits per heavy atom. The largest absolute Gasteiger partial charge is 0.506 e. The third-order valence-corrected chi connectivity index (χ3v) is 3.04. The van der Waals surface area contributed by atoms with Crippen LogP contribution in [0.1, 0.15) is 5.69 Å². The molecule has 2 aromatic carbocycles. The van der Waals surface area contributed by atoms with Crippen LogP contribution in [0.5, 0.6) is 5.75 Å². The number of carbonyl (C=O) groups excluding carboxylic acids is 1. The van der Waals surface area contributed by atoms with E-state index in [0.29, 0.717) is 11.3 Å². The maximum atomic E-state index is 13.5. The van der Waals surface area contributed by atoms with Crippen LogP contribution in [-0.4, -0.2) is 16.2 Å². The van der Waals surface area contributed by atoms with Crippen molar-refractivity contribution in [3.8, 4) is 5.75 Å². The van der Waals surface area contributed by atoms with Crippen LogP contribution >= 0.6 is 0 Å². The molecule has 6 heteroatoms. The quantitative estimate of drug-likeness (QED) is 0.726. The van der Waals surface area contributed by atoms with Crippen molar-refractivity contribution < 1.29 is 18.8 Å². The van der Waals surface area contributed by atoms with Gasteiger partial charge in [-0.2, -0.15) is 0 Å². The summed E-state index contributed by atoms with van der Waals surface area (Å²) in [5.41, 5.74) is 0.795. The van der Waals surface area contributed by atoms with Crippen molar-refractivity contribution in [3.63, 3.8) is 0 Å². The minimum Gasteiger partial charge on any atom is -0.506 e. The number of phenols is 1. The molecular formula is C15H11FN2O3. The summed E-state index contributed by atoms with van der Waals surface area (Å²) in [6, 6.07) is 10.9. The molecular weight excluding hydrogens is 275 g/mol. The summed E-state index contributed by atoms with van der Waals surface area (Å²) in [6.07, 6.45) is -0.0786. The summed E-state index contributed by atoms with van der Waals surface area (Å²) in [5.74, 6) is -1.52. The van der Waals surface area contributed by atoms with Gasteiger partial charge < -0.3 is 14.9 Å². The van der Waals surface area contributed by atoms with Crippen LogP contribution in [-0.2, 0) is 11.2 Å². The number of anilines is 1. The summed E-state index contributed by atoms with van der Waals surface area (Å²) in [7, 11) is 0. The lowest BCUT2D eigenvalue weighted by Crippen LogP contribution is -2.15. The first-order chi connectivity index (χ1) is 10.1. The Morgan fingerprint density at radius 3 is 2.86 bits per heavy atom. The number of phenolic OH excluding ortho intramolecular Hbond substituents is 1. The van der Waals surface area contributed by atoms with Gasteiger partial charge in [-0.15, -0.1) is 0 Å². The van der Waals surface area contributed by atoms with Gasteiger partial charge in [0, 0.05) is 5.39 Å². The smallest absolute Gasteiger partial charge is 0.230 e. The van der Waals surface area contributed by atoms with Crippen LogP contribution in [0.15, 0.2) is 47.0 Å². The van der Waals surface area contributed by atoms with Crippen molar-refractivity contribution in [2.45, 2.75) is 6.42 Å². The molecule has 0 spiro atoms. The minimum absolute atomic E-state index is 0.0786. The molecule has 0 unspecified atom stereocenters. The van der Waals surface area contributed by atoms with Gasteiger partial charge in [0.05, 0.1) is 6.42 Å². The number of halogens is 1. The SMILES string of the molecule is O=C(Cc1noc2ccccc12)Nc1c(O)cccc1F. The molecule has 1 aromatic heterocycles. The molecule has 5 nitrogen and oxygen atoms in total. The number of aromatic hydroxyl groups is 1. The molecule has 0 aliphatic rings. The third kappa shape index (κ3) is 2.55. The summed E-state index contributed by atoms with van der Waals surface area (Å²) >= 11 is 0. The molecule has 0 bridgehead atoms. The van der Waals surface area contributed by atoms with Crippen LogP contribution < -0.4 is 5.32 Å². The first-order valence-corrected chi connectivity index (χ1v) is 6.26. The van der Waals surface area contributed by atoms with E-state index in [1.54, 1.807) is 18.2 Å². The zero-order valence-corrected chi connectivity index (χ0v) is 10.8. The molecule has 0 saturated carbocycles. The van der Waals surface area contributed by atoms with E-state index >= 15 is 0 Å². The second-order valence-electron chi connectivity index (χ2n) is 4.48. The van der Waals surface area contributed by atoms with Gasteiger partial charge in [0.15, 0.2) is 11.4 Å². The third-order valence-electron chi connectivity index (χ3n) is 3.04. The lowest BCUT2D eigenvalue weighted by molar-refractivity contribution is -0.115. The van der Waals surface area contributed by atoms with Gasteiger partial charge >= 0.3 is 0 Å². The van der Waals surface area contributed by atoms with Crippen LogP contribution in [0.3, 0.4) is 0 Å². The van der Waals surface area contributed by atoms with Crippen LogP contribution in [0.2, 0.25) is 0 Å². The highest BCUT2D eigenvalue weighted by molar-refractivity contribution is 5.95. The number of para-hydroxylation sites is 2. The highest BCUT2D eigenvalue weighted by atomic mass is 19.1. The fraction of sp³-hybridized carbons (Fsp3) is 0.0667. The Hall–Kier alpha value is -2.89. The zero-order valence-electron chi connectivity index (χ0n) is 10.8. The molecule has 1 amide bonds. The number of fused-ring (bicyclic) bond motifs is 1. The number of nitrogens with one attached hydrogen (secondary N) is 1. The second-order valence-corrected chi connectivity index (χ2v) is 4.48. The lowest BCUT2D eigenvalue weighted by atomic mass is 10.1.